The molecule has 0 aromatic heterocycles. The first kappa shape index (κ1) is 16.0. The zero-order valence-electron chi connectivity index (χ0n) is 12.4. The molecule has 5 nitrogen and oxygen atoms in total. The molecule has 1 aromatic carbocycles. The summed E-state index contributed by atoms with van der Waals surface area (Å²) in [4.78, 5) is 12.4. The van der Waals surface area contributed by atoms with Crippen LogP contribution in [0.1, 0.15) is 33.3 Å². The van der Waals surface area contributed by atoms with Crippen molar-refractivity contribution in [1.82, 2.24) is 0 Å². The van der Waals surface area contributed by atoms with Gasteiger partial charge in [-0.15, -0.1) is 0 Å². The van der Waals surface area contributed by atoms with Gasteiger partial charge < -0.3 is 15.7 Å². The molecule has 0 amide bonds. The summed E-state index contributed by atoms with van der Waals surface area (Å²) >= 11 is 0. The third-order valence-corrected chi connectivity index (χ3v) is 2.92. The molecule has 20 heavy (non-hydrogen) atoms. The van der Waals surface area contributed by atoms with Crippen molar-refractivity contribution in [2.75, 3.05) is 0 Å². The summed E-state index contributed by atoms with van der Waals surface area (Å²) in [5.41, 5.74) is 4.79. The Balaban J connectivity index is 3.07. The molecular formula is C15H22N2O3. The number of ether oxygens (including phenoxy) is 1. The van der Waals surface area contributed by atoms with Gasteiger partial charge >= 0.3 is 5.97 Å². The fourth-order valence-corrected chi connectivity index (χ4v) is 1.77. The lowest BCUT2D eigenvalue weighted by Crippen LogP contribution is -2.46. The molecule has 0 saturated carbocycles. The predicted molar refractivity (Wildman–Crippen MR) is 77.5 cm³/mol. The van der Waals surface area contributed by atoms with Crippen molar-refractivity contribution >= 4 is 11.8 Å². The average Bonchev–Trinajstić information content (AvgIpc) is 2.36. The molecule has 0 heterocycles. The lowest BCUT2D eigenvalue weighted by atomic mass is 9.82. The highest BCUT2D eigenvalue weighted by atomic mass is 16.6. The van der Waals surface area contributed by atoms with E-state index in [-0.39, 0.29) is 5.84 Å². The minimum Gasteiger partial charge on any atom is -0.459 e. The van der Waals surface area contributed by atoms with E-state index in [0.717, 1.165) is 5.56 Å². The molecule has 0 bridgehead atoms. The second-order valence-electron chi connectivity index (χ2n) is 5.98. The zero-order chi connectivity index (χ0) is 15.4. The van der Waals surface area contributed by atoms with E-state index in [0.29, 0.717) is 6.42 Å². The SMILES string of the molecule is CC(C)(C)OC(=O)C(C)(Cc1ccccc1)C(N)=NO. The summed E-state index contributed by atoms with van der Waals surface area (Å²) in [7, 11) is 0. The van der Waals surface area contributed by atoms with Gasteiger partial charge in [-0.2, -0.15) is 0 Å². The molecule has 1 rings (SSSR count). The Morgan fingerprint density at radius 3 is 2.25 bits per heavy atom. The molecule has 0 fully saturated rings. The molecule has 0 saturated heterocycles. The number of hydrogen-bond acceptors (Lipinski definition) is 4. The molecule has 0 aliphatic heterocycles. The zero-order valence-corrected chi connectivity index (χ0v) is 12.4. The molecule has 3 N–H and O–H groups in total. The van der Waals surface area contributed by atoms with Gasteiger partial charge in [-0.25, -0.2) is 0 Å². The van der Waals surface area contributed by atoms with Gasteiger partial charge in [0, 0.05) is 0 Å². The quantitative estimate of drug-likeness (QED) is 0.291. The number of carbonyl (C=O) groups excluding carboxylic acids is 1. The van der Waals surface area contributed by atoms with E-state index in [9.17, 15) is 4.79 Å². The van der Waals surface area contributed by atoms with Gasteiger partial charge in [0.15, 0.2) is 5.84 Å². The van der Waals surface area contributed by atoms with Gasteiger partial charge in [0.1, 0.15) is 11.0 Å². The maximum Gasteiger partial charge on any atom is 0.320 e. The summed E-state index contributed by atoms with van der Waals surface area (Å²) in [6.45, 7) is 6.95. The first-order valence-corrected chi connectivity index (χ1v) is 6.44. The van der Waals surface area contributed by atoms with Gasteiger partial charge in [-0.1, -0.05) is 35.5 Å². The van der Waals surface area contributed by atoms with Crippen LogP contribution in [0.15, 0.2) is 35.5 Å². The highest BCUT2D eigenvalue weighted by molar-refractivity contribution is 6.04. The summed E-state index contributed by atoms with van der Waals surface area (Å²) in [5.74, 6) is -0.667. The number of nitrogens with two attached hydrogens (primary N) is 1. The van der Waals surface area contributed by atoms with E-state index in [4.69, 9.17) is 15.7 Å². The van der Waals surface area contributed by atoms with E-state index >= 15 is 0 Å². The van der Waals surface area contributed by atoms with Crippen LogP contribution < -0.4 is 5.73 Å². The Morgan fingerprint density at radius 2 is 1.80 bits per heavy atom. The van der Waals surface area contributed by atoms with Gasteiger partial charge in [0.25, 0.3) is 0 Å². The van der Waals surface area contributed by atoms with Crippen LogP contribution in [0.2, 0.25) is 0 Å². The maximum atomic E-state index is 12.4. The van der Waals surface area contributed by atoms with Gasteiger partial charge in [0.05, 0.1) is 0 Å². The molecular weight excluding hydrogens is 256 g/mol. The molecule has 1 atom stereocenters. The monoisotopic (exact) mass is 278 g/mol. The minimum atomic E-state index is -1.20. The Bertz CT molecular complexity index is 492. The van der Waals surface area contributed by atoms with Crippen LogP contribution in [0.25, 0.3) is 0 Å². The summed E-state index contributed by atoms with van der Waals surface area (Å²) in [6.07, 6.45) is 0.304. The van der Waals surface area contributed by atoms with Gasteiger partial charge in [0.2, 0.25) is 0 Å². The molecule has 1 unspecified atom stereocenters. The van der Waals surface area contributed by atoms with Crippen molar-refractivity contribution in [3.63, 3.8) is 0 Å². The molecule has 0 aliphatic carbocycles. The van der Waals surface area contributed by atoms with Crippen molar-refractivity contribution in [3.05, 3.63) is 35.9 Å². The summed E-state index contributed by atoms with van der Waals surface area (Å²) < 4.78 is 5.39. The van der Waals surface area contributed by atoms with Crippen molar-refractivity contribution in [3.8, 4) is 0 Å². The minimum absolute atomic E-state index is 0.157. The second kappa shape index (κ2) is 5.94. The Kier molecular flexibility index (Phi) is 4.76. The van der Waals surface area contributed by atoms with E-state index in [1.54, 1.807) is 27.7 Å². The van der Waals surface area contributed by atoms with Crippen LogP contribution in [0.3, 0.4) is 0 Å². The Morgan fingerprint density at radius 1 is 1.25 bits per heavy atom. The normalized spacial score (nSPS) is 15.5. The van der Waals surface area contributed by atoms with Crippen molar-refractivity contribution < 1.29 is 14.7 Å². The van der Waals surface area contributed by atoms with E-state index in [1.165, 1.54) is 0 Å². The van der Waals surface area contributed by atoms with Gasteiger partial charge in [-0.3, -0.25) is 4.79 Å². The van der Waals surface area contributed by atoms with E-state index in [2.05, 4.69) is 5.16 Å². The fourth-order valence-electron chi connectivity index (χ4n) is 1.77. The van der Waals surface area contributed by atoms with Crippen LogP contribution in [-0.4, -0.2) is 22.6 Å². The molecule has 5 heteroatoms. The van der Waals surface area contributed by atoms with Crippen LogP contribution in [0.4, 0.5) is 0 Å². The molecule has 1 aromatic rings. The number of amidine groups is 1. The van der Waals surface area contributed by atoms with Crippen LogP contribution in [0.5, 0.6) is 0 Å². The largest absolute Gasteiger partial charge is 0.459 e. The molecule has 0 radical (unpaired) electrons. The van der Waals surface area contributed by atoms with E-state index in [1.807, 2.05) is 30.3 Å². The maximum absolute atomic E-state index is 12.4. The average molecular weight is 278 g/mol. The van der Waals surface area contributed by atoms with Crippen LogP contribution >= 0.6 is 0 Å². The standard InChI is InChI=1S/C15H22N2O3/c1-14(2,3)20-13(18)15(4,12(16)17-19)10-11-8-6-5-7-9-11/h5-9,19H,10H2,1-4H3,(H2,16,17). The molecule has 0 aliphatic rings. The lowest BCUT2D eigenvalue weighted by molar-refractivity contribution is -0.162. The third-order valence-electron chi connectivity index (χ3n) is 2.92. The summed E-state index contributed by atoms with van der Waals surface area (Å²) in [6, 6.07) is 9.40. The van der Waals surface area contributed by atoms with Gasteiger partial charge in [-0.05, 0) is 39.7 Å². The first-order valence-electron chi connectivity index (χ1n) is 6.44. The Hall–Kier alpha value is -2.04. The lowest BCUT2D eigenvalue weighted by Gasteiger charge is -2.30. The predicted octanol–water partition coefficient (Wildman–Crippen LogP) is 2.32. The number of oxime groups is 1. The number of rotatable bonds is 4. The number of carbonyl (C=O) groups is 1. The summed E-state index contributed by atoms with van der Waals surface area (Å²) in [5, 5.41) is 12.0. The van der Waals surface area contributed by atoms with Crippen LogP contribution in [0, 0.1) is 5.41 Å². The van der Waals surface area contributed by atoms with Crippen molar-refractivity contribution in [1.29, 1.82) is 0 Å². The first-order chi connectivity index (χ1) is 9.19. The number of nitrogens with zero attached hydrogens (tertiary/aromatic N) is 1. The third kappa shape index (κ3) is 3.98. The fraction of sp³-hybridized carbons (Fsp3) is 0.467. The van der Waals surface area contributed by atoms with Crippen LogP contribution in [-0.2, 0) is 16.0 Å². The smallest absolute Gasteiger partial charge is 0.320 e. The molecule has 0 spiro atoms. The highest BCUT2D eigenvalue weighted by Gasteiger charge is 2.41. The topological polar surface area (TPSA) is 84.9 Å². The number of benzene rings is 1. The number of esters is 1. The highest BCUT2D eigenvalue weighted by Crippen LogP contribution is 2.27. The number of hydrogen-bond donors (Lipinski definition) is 2. The Labute approximate surface area is 119 Å². The molecule has 110 valence electrons. The van der Waals surface area contributed by atoms with Crippen molar-refractivity contribution in [2.45, 2.75) is 39.7 Å². The second-order valence-corrected chi connectivity index (χ2v) is 5.98. The van der Waals surface area contributed by atoms with E-state index < -0.39 is 17.0 Å². The van der Waals surface area contributed by atoms with Crippen molar-refractivity contribution in [2.24, 2.45) is 16.3 Å².